The quantitative estimate of drug-likeness (QED) is 0.917. The number of benzene rings is 2. The van der Waals surface area contributed by atoms with Gasteiger partial charge in [0.05, 0.1) is 18.3 Å². The van der Waals surface area contributed by atoms with Crippen molar-refractivity contribution < 1.29 is 14.3 Å². The fourth-order valence-corrected chi connectivity index (χ4v) is 3.64. The van der Waals surface area contributed by atoms with Crippen molar-refractivity contribution in [1.29, 1.82) is 0 Å². The molecule has 0 aromatic heterocycles. The zero-order valence-electron chi connectivity index (χ0n) is 14.1. The predicted octanol–water partition coefficient (Wildman–Crippen LogP) is 2.60. The minimum atomic E-state index is -0.702. The van der Waals surface area contributed by atoms with Gasteiger partial charge < -0.3 is 15.0 Å². The van der Waals surface area contributed by atoms with E-state index in [2.05, 4.69) is 17.4 Å². The number of ether oxygens (including phenoxy) is 1. The first kappa shape index (κ1) is 15.7. The molecule has 1 N–H and O–H groups in total. The Balaban J connectivity index is 1.53. The number of fused-ring (bicyclic) bond motifs is 2. The second-order valence-electron chi connectivity index (χ2n) is 6.50. The molecule has 2 aromatic carbocycles. The number of anilines is 1. The summed E-state index contributed by atoms with van der Waals surface area (Å²) in [6, 6.07) is 15.5. The summed E-state index contributed by atoms with van der Waals surface area (Å²) in [5.41, 5.74) is 3.17. The number of rotatable bonds is 2. The van der Waals surface area contributed by atoms with Crippen molar-refractivity contribution in [2.24, 2.45) is 0 Å². The second-order valence-corrected chi connectivity index (χ2v) is 6.50. The molecule has 0 saturated heterocycles. The lowest BCUT2D eigenvalue weighted by atomic mass is 10.1. The Bertz CT molecular complexity index is 833. The lowest BCUT2D eigenvalue weighted by Gasteiger charge is -2.34. The molecule has 2 amide bonds. The zero-order valence-corrected chi connectivity index (χ0v) is 14.1. The summed E-state index contributed by atoms with van der Waals surface area (Å²) in [5.74, 6) is 0.290. The van der Waals surface area contributed by atoms with Crippen LogP contribution in [0.4, 0.5) is 5.69 Å². The van der Waals surface area contributed by atoms with Crippen LogP contribution < -0.4 is 15.0 Å². The van der Waals surface area contributed by atoms with E-state index in [-0.39, 0.29) is 24.4 Å². The Morgan fingerprint density at radius 1 is 1.12 bits per heavy atom. The van der Waals surface area contributed by atoms with Gasteiger partial charge in [0.1, 0.15) is 5.75 Å². The molecular weight excluding hydrogens is 316 g/mol. The molecule has 5 nitrogen and oxygen atoms in total. The van der Waals surface area contributed by atoms with Gasteiger partial charge >= 0.3 is 0 Å². The van der Waals surface area contributed by atoms with Gasteiger partial charge in [-0.15, -0.1) is 0 Å². The molecule has 4 rings (SSSR count). The maximum Gasteiger partial charge on any atom is 0.263 e. The van der Waals surface area contributed by atoms with Crippen molar-refractivity contribution in [1.82, 2.24) is 5.32 Å². The van der Waals surface area contributed by atoms with E-state index in [0.29, 0.717) is 11.4 Å². The van der Waals surface area contributed by atoms with Crippen molar-refractivity contribution in [2.45, 2.75) is 31.9 Å². The predicted molar refractivity (Wildman–Crippen MR) is 94.5 cm³/mol. The van der Waals surface area contributed by atoms with Crippen LogP contribution in [0.5, 0.6) is 5.75 Å². The highest BCUT2D eigenvalue weighted by atomic mass is 16.5. The number of carbonyl (C=O) groups excluding carboxylic acids is 2. The minimum absolute atomic E-state index is 0.00949. The van der Waals surface area contributed by atoms with E-state index < -0.39 is 6.10 Å². The van der Waals surface area contributed by atoms with Crippen LogP contribution in [0.25, 0.3) is 0 Å². The standard InChI is InChI=1S/C20H20N2O3/c1-13(23)22-12-19(25-18-9-5-4-8-17(18)22)20(24)21-16-11-10-14-6-2-3-7-15(14)16/h2-9,16,19H,10-12H2,1H3,(H,21,24)/t16-,19-/m1/s1. The van der Waals surface area contributed by atoms with E-state index in [1.807, 2.05) is 30.3 Å². The van der Waals surface area contributed by atoms with Crippen molar-refractivity contribution >= 4 is 17.5 Å². The third-order valence-corrected chi connectivity index (χ3v) is 4.90. The monoisotopic (exact) mass is 336 g/mol. The summed E-state index contributed by atoms with van der Waals surface area (Å²) >= 11 is 0. The Labute approximate surface area is 146 Å². The number of nitrogens with zero attached hydrogens (tertiary/aromatic N) is 1. The van der Waals surface area contributed by atoms with Gasteiger partial charge in [0, 0.05) is 6.92 Å². The van der Waals surface area contributed by atoms with Gasteiger partial charge in [0.2, 0.25) is 5.91 Å². The molecule has 1 heterocycles. The normalized spacial score (nSPS) is 21.1. The van der Waals surface area contributed by atoms with Gasteiger partial charge in [0.15, 0.2) is 6.10 Å². The maximum atomic E-state index is 12.8. The molecule has 2 aromatic rings. The summed E-state index contributed by atoms with van der Waals surface area (Å²) in [6.07, 6.45) is 1.16. The van der Waals surface area contributed by atoms with Crippen LogP contribution in [0.3, 0.4) is 0 Å². The van der Waals surface area contributed by atoms with Crippen molar-refractivity contribution in [2.75, 3.05) is 11.4 Å². The smallest absolute Gasteiger partial charge is 0.263 e. The third kappa shape index (κ3) is 2.86. The second kappa shape index (κ2) is 6.24. The summed E-state index contributed by atoms with van der Waals surface area (Å²) in [6.45, 7) is 1.73. The molecule has 1 aliphatic heterocycles. The van der Waals surface area contributed by atoms with Crippen molar-refractivity contribution in [3.63, 3.8) is 0 Å². The fourth-order valence-electron chi connectivity index (χ4n) is 3.64. The van der Waals surface area contributed by atoms with Gasteiger partial charge in [-0.1, -0.05) is 36.4 Å². The minimum Gasteiger partial charge on any atom is -0.477 e. The first-order chi connectivity index (χ1) is 12.1. The van der Waals surface area contributed by atoms with Crippen LogP contribution in [0.1, 0.15) is 30.5 Å². The molecule has 0 spiro atoms. The van der Waals surface area contributed by atoms with Gasteiger partial charge in [-0.3, -0.25) is 9.59 Å². The molecule has 0 bridgehead atoms. The molecule has 1 aliphatic carbocycles. The number of amides is 2. The van der Waals surface area contributed by atoms with Gasteiger partial charge in [-0.25, -0.2) is 0 Å². The Morgan fingerprint density at radius 2 is 1.88 bits per heavy atom. The zero-order chi connectivity index (χ0) is 17.4. The summed E-state index contributed by atoms with van der Waals surface area (Å²) in [5, 5.41) is 3.09. The van der Waals surface area contributed by atoms with Crippen LogP contribution in [-0.2, 0) is 16.0 Å². The molecular formula is C20H20N2O3. The van der Waals surface area contributed by atoms with E-state index in [4.69, 9.17) is 4.74 Å². The average Bonchev–Trinajstić information content (AvgIpc) is 3.03. The molecule has 25 heavy (non-hydrogen) atoms. The Kier molecular flexibility index (Phi) is 3.92. The van der Waals surface area contributed by atoms with E-state index in [0.717, 1.165) is 12.8 Å². The number of aryl methyl sites for hydroxylation is 1. The Hall–Kier alpha value is -2.82. The molecule has 2 atom stereocenters. The topological polar surface area (TPSA) is 58.6 Å². The number of nitrogens with one attached hydrogen (secondary N) is 1. The molecule has 0 radical (unpaired) electrons. The highest BCUT2D eigenvalue weighted by molar-refractivity contribution is 5.96. The van der Waals surface area contributed by atoms with E-state index >= 15 is 0 Å². The van der Waals surface area contributed by atoms with E-state index in [1.54, 1.807) is 11.0 Å². The number of hydrogen-bond donors (Lipinski definition) is 1. The number of para-hydroxylation sites is 2. The first-order valence-corrected chi connectivity index (χ1v) is 8.55. The van der Waals surface area contributed by atoms with Gasteiger partial charge in [0.25, 0.3) is 5.91 Å². The maximum absolute atomic E-state index is 12.8. The number of carbonyl (C=O) groups is 2. The average molecular weight is 336 g/mol. The molecule has 0 fully saturated rings. The van der Waals surface area contributed by atoms with E-state index in [9.17, 15) is 9.59 Å². The Morgan fingerprint density at radius 3 is 2.72 bits per heavy atom. The van der Waals surface area contributed by atoms with Crippen LogP contribution >= 0.6 is 0 Å². The summed E-state index contributed by atoms with van der Waals surface area (Å²) in [4.78, 5) is 26.3. The molecule has 2 aliphatic rings. The van der Waals surface area contributed by atoms with Crippen LogP contribution in [-0.4, -0.2) is 24.5 Å². The molecule has 128 valence electrons. The summed E-state index contributed by atoms with van der Waals surface area (Å²) in [7, 11) is 0. The van der Waals surface area contributed by atoms with Crippen LogP contribution in [0, 0.1) is 0 Å². The lowest BCUT2D eigenvalue weighted by molar-refractivity contribution is -0.129. The van der Waals surface area contributed by atoms with Gasteiger partial charge in [-0.05, 0) is 36.1 Å². The summed E-state index contributed by atoms with van der Waals surface area (Å²) < 4.78 is 5.87. The molecule has 5 heteroatoms. The highest BCUT2D eigenvalue weighted by Gasteiger charge is 2.34. The van der Waals surface area contributed by atoms with Crippen LogP contribution in [0.15, 0.2) is 48.5 Å². The number of hydrogen-bond acceptors (Lipinski definition) is 3. The van der Waals surface area contributed by atoms with Gasteiger partial charge in [-0.2, -0.15) is 0 Å². The molecule has 0 unspecified atom stereocenters. The first-order valence-electron chi connectivity index (χ1n) is 8.55. The third-order valence-electron chi connectivity index (χ3n) is 4.90. The van der Waals surface area contributed by atoms with Crippen molar-refractivity contribution in [3.05, 3.63) is 59.7 Å². The SMILES string of the molecule is CC(=O)N1C[C@H](C(=O)N[C@@H]2CCc3ccccc32)Oc2ccccc21. The van der Waals surface area contributed by atoms with Crippen molar-refractivity contribution in [3.8, 4) is 5.75 Å². The largest absolute Gasteiger partial charge is 0.477 e. The fraction of sp³-hybridized carbons (Fsp3) is 0.300. The van der Waals surface area contributed by atoms with Crippen LogP contribution in [0.2, 0.25) is 0 Å². The molecule has 0 saturated carbocycles. The lowest BCUT2D eigenvalue weighted by Crippen LogP contribution is -2.50. The van der Waals surface area contributed by atoms with E-state index in [1.165, 1.54) is 18.1 Å². The highest BCUT2D eigenvalue weighted by Crippen LogP contribution is 2.34.